The average Bonchev–Trinajstić information content (AvgIpc) is 2.38. The average molecular weight is 239 g/mol. The van der Waals surface area contributed by atoms with E-state index in [2.05, 4.69) is 5.32 Å². The van der Waals surface area contributed by atoms with Gasteiger partial charge in [-0.2, -0.15) is 0 Å². The third kappa shape index (κ3) is 3.21. The number of carbonyl (C=O) groups excluding carboxylic acids is 1. The molecule has 4 unspecified atom stereocenters. The minimum atomic E-state index is -0.0525. The van der Waals surface area contributed by atoms with Crippen LogP contribution in [-0.4, -0.2) is 24.2 Å². The lowest BCUT2D eigenvalue weighted by Crippen LogP contribution is -2.52. The summed E-state index contributed by atoms with van der Waals surface area (Å²) in [6.45, 7) is 4.01. The predicted octanol–water partition coefficient (Wildman–Crippen LogP) is 2.64. The van der Waals surface area contributed by atoms with Crippen LogP contribution in [0.25, 0.3) is 0 Å². The van der Waals surface area contributed by atoms with Crippen LogP contribution in [0.3, 0.4) is 0 Å². The highest BCUT2D eigenvalue weighted by atomic mass is 16.5. The van der Waals surface area contributed by atoms with E-state index in [0.717, 1.165) is 18.8 Å². The van der Waals surface area contributed by atoms with Crippen molar-refractivity contribution in [3.63, 3.8) is 0 Å². The second-order valence-electron chi connectivity index (χ2n) is 5.60. The highest BCUT2D eigenvalue weighted by molar-refractivity contribution is 5.76. The largest absolute Gasteiger partial charge is 0.462 e. The van der Waals surface area contributed by atoms with E-state index in [1.165, 1.54) is 32.1 Å². The molecule has 4 atom stereocenters. The Kier molecular flexibility index (Phi) is 4.43. The monoisotopic (exact) mass is 239 g/mol. The van der Waals surface area contributed by atoms with Gasteiger partial charge >= 0.3 is 5.97 Å². The van der Waals surface area contributed by atoms with Gasteiger partial charge in [0.05, 0.1) is 6.10 Å². The molecule has 0 spiro atoms. The molecule has 98 valence electrons. The van der Waals surface area contributed by atoms with E-state index in [4.69, 9.17) is 4.74 Å². The van der Waals surface area contributed by atoms with E-state index >= 15 is 0 Å². The van der Waals surface area contributed by atoms with Crippen molar-refractivity contribution in [3.8, 4) is 0 Å². The summed E-state index contributed by atoms with van der Waals surface area (Å²) in [6.07, 6.45) is 8.33. The van der Waals surface area contributed by atoms with Gasteiger partial charge in [0.15, 0.2) is 0 Å². The maximum absolute atomic E-state index is 12.0. The van der Waals surface area contributed by atoms with Gasteiger partial charge in [0.1, 0.15) is 6.04 Å². The van der Waals surface area contributed by atoms with E-state index in [1.54, 1.807) is 0 Å². The van der Waals surface area contributed by atoms with Crippen LogP contribution in [0, 0.1) is 5.92 Å². The molecule has 3 nitrogen and oxygen atoms in total. The first-order chi connectivity index (χ1) is 8.20. The molecule has 0 amide bonds. The van der Waals surface area contributed by atoms with Crippen molar-refractivity contribution in [3.05, 3.63) is 0 Å². The molecule has 2 aliphatic rings. The molecule has 3 heteroatoms. The Bertz CT molecular complexity index is 267. The maximum atomic E-state index is 12.0. The van der Waals surface area contributed by atoms with Gasteiger partial charge in [0, 0.05) is 6.04 Å². The van der Waals surface area contributed by atoms with Crippen LogP contribution in [0.2, 0.25) is 0 Å². The normalized spacial score (nSPS) is 34.8. The summed E-state index contributed by atoms with van der Waals surface area (Å²) >= 11 is 0. The van der Waals surface area contributed by atoms with E-state index in [9.17, 15) is 4.79 Å². The minimum Gasteiger partial charge on any atom is -0.462 e. The molecule has 2 rings (SSSR count). The van der Waals surface area contributed by atoms with Crippen LogP contribution < -0.4 is 5.32 Å². The first-order valence-electron chi connectivity index (χ1n) is 7.17. The zero-order valence-electron chi connectivity index (χ0n) is 11.1. The summed E-state index contributed by atoms with van der Waals surface area (Å²) in [7, 11) is 0. The van der Waals surface area contributed by atoms with Crippen molar-refractivity contribution < 1.29 is 9.53 Å². The van der Waals surface area contributed by atoms with Gasteiger partial charge in [0.25, 0.3) is 0 Å². The molecule has 0 radical (unpaired) electrons. The Morgan fingerprint density at radius 3 is 2.82 bits per heavy atom. The molecule has 0 bridgehead atoms. The van der Waals surface area contributed by atoms with Gasteiger partial charge in [0.2, 0.25) is 0 Å². The van der Waals surface area contributed by atoms with Crippen molar-refractivity contribution >= 4 is 5.97 Å². The number of nitrogens with one attached hydrogen (secondary N) is 1. The van der Waals surface area contributed by atoms with Gasteiger partial charge in [-0.05, 0) is 44.9 Å². The molecule has 17 heavy (non-hydrogen) atoms. The fraction of sp³-hybridized carbons (Fsp3) is 0.929. The van der Waals surface area contributed by atoms with E-state index in [0.29, 0.717) is 6.04 Å². The Balaban J connectivity index is 1.84. The van der Waals surface area contributed by atoms with E-state index in [1.807, 2.05) is 13.8 Å². The molecule has 0 aromatic carbocycles. The first kappa shape index (κ1) is 12.9. The van der Waals surface area contributed by atoms with Crippen LogP contribution in [-0.2, 0) is 9.53 Å². The first-order valence-corrected chi connectivity index (χ1v) is 7.17. The number of carbonyl (C=O) groups is 1. The Morgan fingerprint density at radius 2 is 2.06 bits per heavy atom. The van der Waals surface area contributed by atoms with E-state index < -0.39 is 0 Å². The molecule has 2 fully saturated rings. The number of rotatable bonds is 3. The molecule has 1 aliphatic heterocycles. The predicted molar refractivity (Wildman–Crippen MR) is 67.7 cm³/mol. The third-order valence-corrected chi connectivity index (χ3v) is 4.33. The standard InChI is InChI=1S/C14H25NO2/c1-3-10(2)17-14(16)13-9-8-11-6-4-5-7-12(11)15-13/h10-13,15H,3-9H2,1-2H3. The van der Waals surface area contributed by atoms with Crippen molar-refractivity contribution in [2.24, 2.45) is 5.92 Å². The second-order valence-corrected chi connectivity index (χ2v) is 5.60. The van der Waals surface area contributed by atoms with Gasteiger partial charge in [-0.15, -0.1) is 0 Å². The highest BCUT2D eigenvalue weighted by Crippen LogP contribution is 2.32. The highest BCUT2D eigenvalue weighted by Gasteiger charge is 2.35. The van der Waals surface area contributed by atoms with Crippen LogP contribution in [0.15, 0.2) is 0 Å². The summed E-state index contributed by atoms with van der Waals surface area (Å²) in [5, 5.41) is 3.51. The lowest BCUT2D eigenvalue weighted by atomic mass is 9.78. The Hall–Kier alpha value is -0.570. The molecule has 1 N–H and O–H groups in total. The number of hydrogen-bond acceptors (Lipinski definition) is 3. The minimum absolute atomic E-state index is 0.0385. The summed E-state index contributed by atoms with van der Waals surface area (Å²) in [4.78, 5) is 12.0. The van der Waals surface area contributed by atoms with Gasteiger partial charge in [-0.1, -0.05) is 19.8 Å². The third-order valence-electron chi connectivity index (χ3n) is 4.33. The topological polar surface area (TPSA) is 38.3 Å². The fourth-order valence-corrected chi connectivity index (χ4v) is 3.04. The molecule has 1 saturated heterocycles. The number of hydrogen-bond donors (Lipinski definition) is 1. The summed E-state index contributed by atoms with van der Waals surface area (Å²) in [5.74, 6) is 0.764. The van der Waals surface area contributed by atoms with Crippen molar-refractivity contribution in [2.45, 2.75) is 77.0 Å². The number of esters is 1. The lowest BCUT2D eigenvalue weighted by molar-refractivity contribution is -0.152. The van der Waals surface area contributed by atoms with Crippen molar-refractivity contribution in [1.29, 1.82) is 0 Å². The fourth-order valence-electron chi connectivity index (χ4n) is 3.04. The SMILES string of the molecule is CCC(C)OC(=O)C1CCC2CCCCC2N1. The van der Waals surface area contributed by atoms with Gasteiger partial charge in [-0.25, -0.2) is 0 Å². The smallest absolute Gasteiger partial charge is 0.323 e. The van der Waals surface area contributed by atoms with Crippen molar-refractivity contribution in [1.82, 2.24) is 5.32 Å². The quantitative estimate of drug-likeness (QED) is 0.769. The van der Waals surface area contributed by atoms with Gasteiger partial charge in [-0.3, -0.25) is 4.79 Å². The molecule has 1 saturated carbocycles. The van der Waals surface area contributed by atoms with Crippen LogP contribution in [0.5, 0.6) is 0 Å². The zero-order valence-corrected chi connectivity index (χ0v) is 11.1. The number of piperidine rings is 1. The van der Waals surface area contributed by atoms with Crippen LogP contribution in [0.1, 0.15) is 58.8 Å². The second kappa shape index (κ2) is 5.85. The summed E-state index contributed by atoms with van der Waals surface area (Å²) < 4.78 is 5.42. The number of fused-ring (bicyclic) bond motifs is 1. The number of ether oxygens (including phenoxy) is 1. The van der Waals surface area contributed by atoms with Crippen LogP contribution >= 0.6 is 0 Å². The van der Waals surface area contributed by atoms with Crippen molar-refractivity contribution in [2.75, 3.05) is 0 Å². The molecular weight excluding hydrogens is 214 g/mol. The maximum Gasteiger partial charge on any atom is 0.323 e. The summed E-state index contributed by atoms with van der Waals surface area (Å²) in [6, 6.07) is 0.510. The van der Waals surface area contributed by atoms with E-state index in [-0.39, 0.29) is 18.1 Å². The molecule has 1 aliphatic carbocycles. The molecule has 1 heterocycles. The Labute approximate surface area is 104 Å². The zero-order chi connectivity index (χ0) is 12.3. The summed E-state index contributed by atoms with van der Waals surface area (Å²) in [5.41, 5.74) is 0. The lowest BCUT2D eigenvalue weighted by Gasteiger charge is -2.39. The van der Waals surface area contributed by atoms with Gasteiger partial charge < -0.3 is 10.1 Å². The Morgan fingerprint density at radius 1 is 1.29 bits per heavy atom. The molecular formula is C14H25NO2. The molecule has 0 aromatic heterocycles. The molecule has 0 aromatic rings. The van der Waals surface area contributed by atoms with Crippen LogP contribution in [0.4, 0.5) is 0 Å².